The molecule has 3 nitrogen and oxygen atoms in total. The SMILES string of the molecule is O=S(=O)(Oc1ccc2ccc(-c3ccc4c(c3)C(c3ccccc3)(c3ccccc3)c3ccccc3-4)cc2c1)C(F)(F)C(F)(F)F. The molecular weight excluding hydrogens is 619 g/mol. The summed E-state index contributed by atoms with van der Waals surface area (Å²) in [6.07, 6.45) is -6.34. The van der Waals surface area contributed by atoms with E-state index >= 15 is 0 Å². The molecule has 0 radical (unpaired) electrons. The third-order valence-corrected chi connectivity index (χ3v) is 9.72. The third-order valence-electron chi connectivity index (χ3n) is 8.45. The second kappa shape index (κ2) is 10.5. The van der Waals surface area contributed by atoms with Crippen LogP contribution >= 0.6 is 0 Å². The molecule has 0 N–H and O–H groups in total. The van der Waals surface area contributed by atoms with Crippen LogP contribution in [0.4, 0.5) is 22.0 Å². The molecule has 0 unspecified atom stereocenters. The lowest BCUT2D eigenvalue weighted by Crippen LogP contribution is -2.46. The average molecular weight is 643 g/mol. The van der Waals surface area contributed by atoms with Gasteiger partial charge >= 0.3 is 21.5 Å². The Labute approximate surface area is 261 Å². The van der Waals surface area contributed by atoms with Crippen molar-refractivity contribution in [2.45, 2.75) is 16.8 Å². The van der Waals surface area contributed by atoms with Crippen molar-refractivity contribution in [3.63, 3.8) is 0 Å². The van der Waals surface area contributed by atoms with Gasteiger partial charge in [-0.2, -0.15) is 30.4 Å². The molecule has 6 aromatic rings. The van der Waals surface area contributed by atoms with E-state index in [4.69, 9.17) is 0 Å². The van der Waals surface area contributed by atoms with Crippen LogP contribution in [0.1, 0.15) is 22.3 Å². The average Bonchev–Trinajstić information content (AvgIpc) is 3.35. The summed E-state index contributed by atoms with van der Waals surface area (Å²) in [5.41, 5.74) is 7.45. The highest BCUT2D eigenvalue weighted by Gasteiger charge is 2.69. The zero-order valence-electron chi connectivity index (χ0n) is 23.8. The maximum absolute atomic E-state index is 13.7. The topological polar surface area (TPSA) is 43.4 Å². The predicted octanol–water partition coefficient (Wildman–Crippen LogP) is 9.73. The van der Waals surface area contributed by atoms with Gasteiger partial charge in [-0.15, -0.1) is 0 Å². The summed E-state index contributed by atoms with van der Waals surface area (Å²) in [7, 11) is -6.36. The Kier molecular flexibility index (Phi) is 6.79. The van der Waals surface area contributed by atoms with E-state index in [0.29, 0.717) is 10.8 Å². The first-order chi connectivity index (χ1) is 21.9. The van der Waals surface area contributed by atoms with Crippen LogP contribution in [-0.2, 0) is 15.5 Å². The first kappa shape index (κ1) is 29.7. The highest BCUT2D eigenvalue weighted by Crippen LogP contribution is 2.56. The summed E-state index contributed by atoms with van der Waals surface area (Å²) >= 11 is 0. The van der Waals surface area contributed by atoms with Crippen molar-refractivity contribution in [3.05, 3.63) is 162 Å². The summed E-state index contributed by atoms with van der Waals surface area (Å²) in [6, 6.07) is 43.8. The number of hydrogen-bond acceptors (Lipinski definition) is 3. The van der Waals surface area contributed by atoms with E-state index < -0.39 is 32.7 Å². The van der Waals surface area contributed by atoms with E-state index in [2.05, 4.69) is 52.7 Å². The van der Waals surface area contributed by atoms with Gasteiger partial charge in [-0.3, -0.25) is 0 Å². The number of alkyl halides is 5. The van der Waals surface area contributed by atoms with Crippen LogP contribution in [0.5, 0.6) is 5.75 Å². The summed E-state index contributed by atoms with van der Waals surface area (Å²) < 4.78 is 93.7. The number of benzene rings is 6. The highest BCUT2D eigenvalue weighted by molar-refractivity contribution is 7.88. The van der Waals surface area contributed by atoms with Gasteiger partial charge in [0.05, 0.1) is 5.41 Å². The van der Waals surface area contributed by atoms with Crippen LogP contribution in [0.15, 0.2) is 140 Å². The number of fused-ring (bicyclic) bond motifs is 4. The first-order valence-electron chi connectivity index (χ1n) is 14.2. The van der Waals surface area contributed by atoms with Gasteiger partial charge < -0.3 is 4.18 Å². The third kappa shape index (κ3) is 4.48. The van der Waals surface area contributed by atoms with Gasteiger partial charge in [0, 0.05) is 0 Å². The van der Waals surface area contributed by atoms with Crippen molar-refractivity contribution in [3.8, 4) is 28.0 Å². The molecule has 0 heterocycles. The minimum absolute atomic E-state index is 0.390. The molecule has 0 aromatic heterocycles. The molecule has 230 valence electrons. The lowest BCUT2D eigenvalue weighted by Gasteiger charge is -2.34. The van der Waals surface area contributed by atoms with E-state index in [1.165, 1.54) is 6.07 Å². The summed E-state index contributed by atoms with van der Waals surface area (Å²) in [4.78, 5) is 0. The molecule has 0 fully saturated rings. The van der Waals surface area contributed by atoms with Crippen molar-refractivity contribution < 1.29 is 34.6 Å². The van der Waals surface area contributed by atoms with Crippen molar-refractivity contribution in [1.82, 2.24) is 0 Å². The molecule has 0 atom stereocenters. The van der Waals surface area contributed by atoms with Crippen LogP contribution in [-0.4, -0.2) is 19.8 Å². The Morgan fingerprint density at radius 2 is 1.07 bits per heavy atom. The lowest BCUT2D eigenvalue weighted by atomic mass is 9.67. The standard InChI is InChI=1S/C37H23F5O3S/c38-36(39,40)37(41,42)46(43,44)45-30-19-17-24-15-16-25(21-27(24)22-30)26-18-20-32-31-13-7-8-14-33(31)35(34(32)23-26,28-9-3-1-4-10-28)29-11-5-2-6-12-29/h1-23H. The first-order valence-corrected chi connectivity index (χ1v) is 15.6. The fourth-order valence-electron chi connectivity index (χ4n) is 6.40. The zero-order chi connectivity index (χ0) is 32.3. The molecule has 0 aliphatic heterocycles. The van der Waals surface area contributed by atoms with E-state index in [0.717, 1.165) is 56.6 Å². The van der Waals surface area contributed by atoms with Crippen molar-refractivity contribution in [2.24, 2.45) is 0 Å². The molecule has 0 spiro atoms. The molecule has 6 aromatic carbocycles. The second-order valence-electron chi connectivity index (χ2n) is 11.1. The second-order valence-corrected chi connectivity index (χ2v) is 12.7. The smallest absolute Gasteiger partial charge is 0.378 e. The molecule has 0 saturated carbocycles. The van der Waals surface area contributed by atoms with Crippen LogP contribution in [0.25, 0.3) is 33.0 Å². The van der Waals surface area contributed by atoms with Gasteiger partial charge in [0.25, 0.3) is 0 Å². The maximum Gasteiger partial charge on any atom is 0.475 e. The number of hydrogen-bond donors (Lipinski definition) is 0. The Hall–Kier alpha value is -5.02. The zero-order valence-corrected chi connectivity index (χ0v) is 24.6. The van der Waals surface area contributed by atoms with Crippen LogP contribution in [0.3, 0.4) is 0 Å². The molecule has 1 aliphatic rings. The minimum Gasteiger partial charge on any atom is -0.378 e. The van der Waals surface area contributed by atoms with Gasteiger partial charge in [0.1, 0.15) is 5.75 Å². The van der Waals surface area contributed by atoms with Crippen LogP contribution in [0, 0.1) is 0 Å². The van der Waals surface area contributed by atoms with Gasteiger partial charge in [0.2, 0.25) is 0 Å². The Morgan fingerprint density at radius 3 is 1.72 bits per heavy atom. The van der Waals surface area contributed by atoms with Crippen molar-refractivity contribution in [2.75, 3.05) is 0 Å². The monoisotopic (exact) mass is 642 g/mol. The molecule has 1 aliphatic carbocycles. The molecule has 0 bridgehead atoms. The van der Waals surface area contributed by atoms with Gasteiger partial charge in [-0.05, 0) is 79.5 Å². The molecule has 0 saturated heterocycles. The summed E-state index contributed by atoms with van der Waals surface area (Å²) in [6.45, 7) is 0. The fourth-order valence-corrected chi connectivity index (χ4v) is 7.15. The normalized spacial score (nSPS) is 14.1. The fraction of sp³-hybridized carbons (Fsp3) is 0.0811. The van der Waals surface area contributed by atoms with Gasteiger partial charge in [-0.25, -0.2) is 0 Å². The predicted molar refractivity (Wildman–Crippen MR) is 167 cm³/mol. The highest BCUT2D eigenvalue weighted by atomic mass is 32.2. The quantitative estimate of drug-likeness (QED) is 0.134. The number of rotatable bonds is 6. The van der Waals surface area contributed by atoms with Gasteiger partial charge in [-0.1, -0.05) is 115 Å². The van der Waals surface area contributed by atoms with Gasteiger partial charge in [0.15, 0.2) is 0 Å². The van der Waals surface area contributed by atoms with E-state index in [1.807, 2.05) is 60.7 Å². The van der Waals surface area contributed by atoms with Crippen LogP contribution in [0.2, 0.25) is 0 Å². The molecule has 0 amide bonds. The minimum atomic E-state index is -6.36. The Bertz CT molecular complexity index is 2170. The largest absolute Gasteiger partial charge is 0.475 e. The molecular formula is C37H23F5O3S. The van der Waals surface area contributed by atoms with Crippen molar-refractivity contribution in [1.29, 1.82) is 0 Å². The van der Waals surface area contributed by atoms with E-state index in [9.17, 15) is 30.4 Å². The molecule has 7 rings (SSSR count). The van der Waals surface area contributed by atoms with E-state index in [1.54, 1.807) is 12.1 Å². The van der Waals surface area contributed by atoms with E-state index in [-0.39, 0.29) is 0 Å². The van der Waals surface area contributed by atoms with Crippen LogP contribution < -0.4 is 4.18 Å². The lowest BCUT2D eigenvalue weighted by molar-refractivity contribution is -0.243. The molecule has 46 heavy (non-hydrogen) atoms. The summed E-state index contributed by atoms with van der Waals surface area (Å²) in [5.74, 6) is -0.662. The Balaban J connectivity index is 1.37. The molecule has 9 heteroatoms. The van der Waals surface area contributed by atoms with Crippen molar-refractivity contribution >= 4 is 20.9 Å². The maximum atomic E-state index is 13.7. The Morgan fingerprint density at radius 1 is 0.522 bits per heavy atom. The number of halogens is 5. The summed E-state index contributed by atoms with van der Waals surface area (Å²) in [5, 5.41) is -5.09.